The zero-order valence-corrected chi connectivity index (χ0v) is 42.0. The molecule has 0 bridgehead atoms. The van der Waals surface area contributed by atoms with Gasteiger partial charge in [-0.05, 0) is 80.6 Å². The molecule has 18 nitrogen and oxygen atoms in total. The highest BCUT2D eigenvalue weighted by atomic mass is 16.2. The van der Waals surface area contributed by atoms with Crippen molar-refractivity contribution >= 4 is 53.0 Å². The van der Waals surface area contributed by atoms with Crippen molar-refractivity contribution in [3.05, 3.63) is 107 Å². The van der Waals surface area contributed by atoms with Crippen LogP contribution in [-0.2, 0) is 41.9 Å². The monoisotopic (exact) mass is 963 g/mol. The van der Waals surface area contributed by atoms with Crippen LogP contribution in [0.2, 0.25) is 0 Å². The lowest BCUT2D eigenvalue weighted by atomic mass is 9.85. The average molecular weight is 963 g/mol. The molecule has 3 aromatic rings. The first-order chi connectivity index (χ1) is 33.0. The van der Waals surface area contributed by atoms with Crippen LogP contribution in [0.5, 0.6) is 0 Å². The fraction of sp³-hybridized carbons (Fsp3) is 0.481. The van der Waals surface area contributed by atoms with E-state index < -0.39 is 88.6 Å². The predicted molar refractivity (Wildman–Crippen MR) is 266 cm³/mol. The van der Waals surface area contributed by atoms with Crippen LogP contribution in [0.15, 0.2) is 89.9 Å². The predicted octanol–water partition coefficient (Wildman–Crippen LogP) is 2.48. The maximum absolute atomic E-state index is 14.4. The van der Waals surface area contributed by atoms with E-state index in [-0.39, 0.29) is 67.7 Å². The molecule has 7 N–H and O–H groups in total. The summed E-state index contributed by atoms with van der Waals surface area (Å²) in [4.78, 5) is 117. The summed E-state index contributed by atoms with van der Waals surface area (Å²) in [5.41, 5.74) is 0.877. The Bertz CT molecular complexity index is 2400. The molecule has 376 valence electrons. The fourth-order valence-corrected chi connectivity index (χ4v) is 8.16. The summed E-state index contributed by atoms with van der Waals surface area (Å²) < 4.78 is 0. The van der Waals surface area contributed by atoms with E-state index in [0.717, 1.165) is 11.1 Å². The van der Waals surface area contributed by atoms with Crippen molar-refractivity contribution in [1.82, 2.24) is 47.0 Å². The standard InChI is InChI=1S/C52H70N10O8/c1-31(53-9)43(63)59-41(51(3,4)5)49(69)61-29-37(25-39(61)47(67)55-27-33-17-13-11-14-18-33)57-45(65)35-21-23-36(24-22-35)46(66)58-38-26-40(48(68)56-28-34-19-15-12-16-20-34)62(30-38)50(70)42(52(6,7)8)60-44(64)32(2)54-10/h11-24,31-32,37,39-42,53-54H,25-30H2,1-10H3,(H,55,67)(H,56,68)(H,57,65)(H,59,63)(H,60,64)/t31-,32-,37?,39-,40-,41+,42+/m0/s1. The Morgan fingerprint density at radius 2 is 1.06 bits per heavy atom. The van der Waals surface area contributed by atoms with Gasteiger partial charge in [-0.15, -0.1) is 0 Å². The molecule has 2 saturated heterocycles. The molecule has 0 radical (unpaired) electrons. The third-order valence-corrected chi connectivity index (χ3v) is 12.7. The molecule has 2 aliphatic heterocycles. The summed E-state index contributed by atoms with van der Waals surface area (Å²) in [5, 5.41) is 20.3. The maximum Gasteiger partial charge on any atom is 0.276 e. The second kappa shape index (κ2) is 23.7. The van der Waals surface area contributed by atoms with Crippen LogP contribution < -0.4 is 37.2 Å². The quantitative estimate of drug-likeness (QED) is 0.104. The van der Waals surface area contributed by atoms with E-state index in [0.29, 0.717) is 0 Å². The average Bonchev–Trinajstić information content (AvgIpc) is 3.97. The topological polar surface area (TPSA) is 240 Å². The number of rotatable bonds is 17. The van der Waals surface area contributed by atoms with E-state index in [2.05, 4.69) is 42.2 Å². The zero-order valence-electron chi connectivity index (χ0n) is 42.0. The highest BCUT2D eigenvalue weighted by Crippen LogP contribution is 2.28. The Balaban J connectivity index is 1.32. The highest BCUT2D eigenvalue weighted by molar-refractivity contribution is 6.09. The number of hydrogen-bond donors (Lipinski definition) is 7. The molecule has 7 atom stereocenters. The van der Waals surface area contributed by atoms with Crippen molar-refractivity contribution in [1.29, 1.82) is 0 Å². The van der Waals surface area contributed by atoms with Gasteiger partial charge in [0.25, 0.3) is 11.8 Å². The molecular formula is C52H70N10O8. The Kier molecular flexibility index (Phi) is 18.3. The minimum Gasteiger partial charge on any atom is -0.350 e. The molecule has 5 rings (SSSR count). The zero-order chi connectivity index (χ0) is 51.5. The second-order valence-corrected chi connectivity index (χ2v) is 20.2. The van der Waals surface area contributed by atoms with Crippen LogP contribution in [0.1, 0.15) is 100 Å². The van der Waals surface area contributed by atoms with Crippen LogP contribution in [0, 0.1) is 10.8 Å². The van der Waals surface area contributed by atoms with Crippen molar-refractivity contribution < 1.29 is 38.4 Å². The number of carbonyl (C=O) groups excluding carboxylic acids is 8. The summed E-state index contributed by atoms with van der Waals surface area (Å²) in [6.07, 6.45) is 0.0765. The van der Waals surface area contributed by atoms with Gasteiger partial charge in [-0.25, -0.2) is 4.99 Å². The fourth-order valence-electron chi connectivity index (χ4n) is 8.16. The summed E-state index contributed by atoms with van der Waals surface area (Å²) in [6, 6.07) is 18.7. The smallest absolute Gasteiger partial charge is 0.276 e. The second-order valence-electron chi connectivity index (χ2n) is 20.2. The van der Waals surface area contributed by atoms with E-state index in [1.54, 1.807) is 27.9 Å². The minimum atomic E-state index is -1.02. The first-order valence-corrected chi connectivity index (χ1v) is 23.7. The first-order valence-electron chi connectivity index (χ1n) is 23.7. The molecule has 2 fully saturated rings. The van der Waals surface area contributed by atoms with Crippen LogP contribution in [-0.4, -0.2) is 132 Å². The number of likely N-dealkylation sites (tertiary alicyclic amines) is 2. The van der Waals surface area contributed by atoms with Gasteiger partial charge in [-0.2, -0.15) is 0 Å². The molecule has 0 aliphatic carbocycles. The summed E-state index contributed by atoms with van der Waals surface area (Å²) in [5.74, 6) is -3.73. The van der Waals surface area contributed by atoms with E-state index in [9.17, 15) is 38.4 Å². The van der Waals surface area contributed by atoms with Crippen molar-refractivity contribution in [3.63, 3.8) is 0 Å². The van der Waals surface area contributed by atoms with Gasteiger partial charge in [-0.3, -0.25) is 38.4 Å². The minimum absolute atomic E-state index is 0.00514. The van der Waals surface area contributed by atoms with Crippen LogP contribution >= 0.6 is 0 Å². The van der Waals surface area contributed by atoms with E-state index >= 15 is 0 Å². The molecule has 2 heterocycles. The number of nitrogens with one attached hydrogen (secondary N) is 7. The Morgan fingerprint density at radius 1 is 0.614 bits per heavy atom. The van der Waals surface area contributed by atoms with Gasteiger partial charge in [0, 0.05) is 48.9 Å². The summed E-state index contributed by atoms with van der Waals surface area (Å²) in [6.45, 7) is 14.6. The Labute approximate surface area is 410 Å². The van der Waals surface area contributed by atoms with Crippen LogP contribution in [0.4, 0.5) is 0 Å². The van der Waals surface area contributed by atoms with Crippen molar-refractivity contribution in [2.24, 2.45) is 15.8 Å². The van der Waals surface area contributed by atoms with Crippen LogP contribution in [0.3, 0.4) is 0 Å². The molecule has 1 unspecified atom stereocenters. The molecule has 0 spiro atoms. The number of carbonyl (C=O) groups is 8. The Morgan fingerprint density at radius 3 is 1.51 bits per heavy atom. The van der Waals surface area contributed by atoms with E-state index in [1.807, 2.05) is 102 Å². The lowest BCUT2D eigenvalue weighted by Crippen LogP contribution is -2.59. The largest absolute Gasteiger partial charge is 0.350 e. The Hall–Kier alpha value is -6.79. The number of nitrogens with zero attached hydrogens (tertiary/aromatic N) is 3. The number of amides is 8. The van der Waals surface area contributed by atoms with Crippen molar-refractivity contribution in [2.45, 2.75) is 124 Å². The number of hydrogen-bond acceptors (Lipinski definition) is 10. The van der Waals surface area contributed by atoms with Gasteiger partial charge < -0.3 is 47.0 Å². The molecular weight excluding hydrogens is 893 g/mol. The lowest BCUT2D eigenvalue weighted by molar-refractivity contribution is -0.144. The van der Waals surface area contributed by atoms with Gasteiger partial charge in [0.15, 0.2) is 0 Å². The van der Waals surface area contributed by atoms with Gasteiger partial charge >= 0.3 is 0 Å². The van der Waals surface area contributed by atoms with Crippen molar-refractivity contribution in [3.8, 4) is 0 Å². The van der Waals surface area contributed by atoms with E-state index in [4.69, 9.17) is 0 Å². The SMILES string of the molecule is CN[C@@H](C)C(=O)N[C@H](C(=O)N1CC(=NC(=O)c2ccc(C(=O)NC3C[C@@H](C(=O)NCc4ccccc4)N(C(=O)[C@@H](NC(=O)[C@H](C)NC)C(C)(C)C)C3)cc2)C[C@H]1C(=O)NCc1ccccc1)C(C)(C)C. The maximum atomic E-state index is 14.4. The highest BCUT2D eigenvalue weighted by Gasteiger charge is 2.46. The number of aliphatic imine (C=N–C) groups is 1. The van der Waals surface area contributed by atoms with Gasteiger partial charge in [-0.1, -0.05) is 102 Å². The lowest BCUT2D eigenvalue weighted by Gasteiger charge is -2.36. The summed E-state index contributed by atoms with van der Waals surface area (Å²) >= 11 is 0. The van der Waals surface area contributed by atoms with Crippen molar-refractivity contribution in [2.75, 3.05) is 27.2 Å². The van der Waals surface area contributed by atoms with E-state index in [1.165, 1.54) is 34.1 Å². The first kappa shape index (κ1) is 54.2. The third-order valence-electron chi connectivity index (χ3n) is 12.7. The molecule has 0 aromatic heterocycles. The number of benzene rings is 3. The number of likely N-dealkylation sites (N-methyl/N-ethyl adjacent to an activating group) is 2. The molecule has 0 saturated carbocycles. The molecule has 3 aromatic carbocycles. The van der Waals surface area contributed by atoms with Crippen LogP contribution in [0.25, 0.3) is 0 Å². The van der Waals surface area contributed by atoms with Gasteiger partial charge in [0.2, 0.25) is 35.4 Å². The molecule has 8 amide bonds. The third kappa shape index (κ3) is 14.2. The molecule has 70 heavy (non-hydrogen) atoms. The van der Waals surface area contributed by atoms with Gasteiger partial charge in [0.1, 0.15) is 24.2 Å². The summed E-state index contributed by atoms with van der Waals surface area (Å²) in [7, 11) is 3.27. The molecule has 2 aliphatic rings. The molecule has 18 heteroatoms. The van der Waals surface area contributed by atoms with Gasteiger partial charge in [0.05, 0.1) is 18.6 Å². The normalized spacial score (nSPS) is 19.3.